The molecule has 116 valence electrons. The van der Waals surface area contributed by atoms with Crippen molar-refractivity contribution >= 4 is 21.4 Å². The fourth-order valence-electron chi connectivity index (χ4n) is 2.68. The van der Waals surface area contributed by atoms with Crippen molar-refractivity contribution in [1.82, 2.24) is 4.72 Å². The fraction of sp³-hybridized carbons (Fsp3) is 0.500. The lowest BCUT2D eigenvalue weighted by Crippen LogP contribution is -2.43. The number of benzene rings is 1. The van der Waals surface area contributed by atoms with Gasteiger partial charge in [0, 0.05) is 5.54 Å². The maximum Gasteiger partial charge on any atom is 0.313 e. The first-order chi connectivity index (χ1) is 9.79. The van der Waals surface area contributed by atoms with E-state index in [4.69, 9.17) is 5.84 Å². The molecule has 1 fully saturated rings. The summed E-state index contributed by atoms with van der Waals surface area (Å²) in [5.74, 6) is 5.22. The highest BCUT2D eigenvalue weighted by molar-refractivity contribution is 7.89. The van der Waals surface area contributed by atoms with E-state index in [1.807, 2.05) is 6.92 Å². The molecule has 0 saturated heterocycles. The van der Waals surface area contributed by atoms with E-state index in [9.17, 15) is 18.5 Å². The number of para-hydroxylation sites is 1. The molecule has 1 saturated carbocycles. The molecule has 1 aromatic rings. The Hall–Kier alpha value is -1.71. The third-order valence-corrected chi connectivity index (χ3v) is 5.38. The average molecular weight is 314 g/mol. The largest absolute Gasteiger partial charge is 0.318 e. The quantitative estimate of drug-likeness (QED) is 0.429. The van der Waals surface area contributed by atoms with Crippen LogP contribution in [0, 0.1) is 10.1 Å². The van der Waals surface area contributed by atoms with E-state index in [1.54, 1.807) is 0 Å². The summed E-state index contributed by atoms with van der Waals surface area (Å²) < 4.78 is 27.6. The fourth-order valence-corrected chi connectivity index (χ4v) is 4.34. The van der Waals surface area contributed by atoms with Gasteiger partial charge >= 0.3 is 5.69 Å². The molecule has 0 spiro atoms. The molecule has 0 atom stereocenters. The van der Waals surface area contributed by atoms with Crippen LogP contribution in [0.2, 0.25) is 0 Å². The zero-order valence-electron chi connectivity index (χ0n) is 11.6. The average Bonchev–Trinajstić information content (AvgIpc) is 2.83. The smallest absolute Gasteiger partial charge is 0.313 e. The lowest BCUT2D eigenvalue weighted by Gasteiger charge is -2.24. The topological polar surface area (TPSA) is 127 Å². The summed E-state index contributed by atoms with van der Waals surface area (Å²) in [6, 6.07) is 3.97. The van der Waals surface area contributed by atoms with Crippen molar-refractivity contribution in [3.63, 3.8) is 0 Å². The van der Waals surface area contributed by atoms with Crippen LogP contribution in [0.1, 0.15) is 32.6 Å². The lowest BCUT2D eigenvalue weighted by atomic mass is 10.0. The maximum absolute atomic E-state index is 12.5. The lowest BCUT2D eigenvalue weighted by molar-refractivity contribution is -0.386. The number of nitro benzene ring substituents is 1. The first-order valence-electron chi connectivity index (χ1n) is 6.57. The van der Waals surface area contributed by atoms with Crippen LogP contribution in [0.4, 0.5) is 11.4 Å². The number of rotatable bonds is 5. The van der Waals surface area contributed by atoms with E-state index in [-0.39, 0.29) is 10.6 Å². The summed E-state index contributed by atoms with van der Waals surface area (Å²) in [6.45, 7) is 1.81. The predicted octanol–water partition coefficient (Wildman–Crippen LogP) is 1.49. The molecular formula is C12H18N4O4S. The second-order valence-electron chi connectivity index (χ2n) is 5.43. The molecule has 0 aliphatic heterocycles. The van der Waals surface area contributed by atoms with Gasteiger partial charge in [-0.15, -0.1) is 0 Å². The van der Waals surface area contributed by atoms with Crippen molar-refractivity contribution in [3.05, 3.63) is 28.3 Å². The number of hydrogen-bond donors (Lipinski definition) is 3. The van der Waals surface area contributed by atoms with Crippen LogP contribution in [-0.2, 0) is 10.0 Å². The van der Waals surface area contributed by atoms with Gasteiger partial charge in [0.25, 0.3) is 0 Å². The summed E-state index contributed by atoms with van der Waals surface area (Å²) in [6.07, 6.45) is 3.31. The number of nitrogen functional groups attached to an aromatic ring is 1. The number of nitrogens with one attached hydrogen (secondary N) is 2. The van der Waals surface area contributed by atoms with Gasteiger partial charge in [0.1, 0.15) is 5.69 Å². The van der Waals surface area contributed by atoms with Crippen molar-refractivity contribution in [2.75, 3.05) is 5.43 Å². The monoisotopic (exact) mass is 314 g/mol. The van der Waals surface area contributed by atoms with E-state index in [2.05, 4.69) is 10.1 Å². The zero-order chi connectivity index (χ0) is 15.7. The Morgan fingerprint density at radius 1 is 1.33 bits per heavy atom. The van der Waals surface area contributed by atoms with Gasteiger partial charge in [-0.3, -0.25) is 16.0 Å². The number of hydrogen-bond acceptors (Lipinski definition) is 6. The van der Waals surface area contributed by atoms with Crippen LogP contribution in [0.5, 0.6) is 0 Å². The van der Waals surface area contributed by atoms with Crippen LogP contribution < -0.4 is 16.0 Å². The van der Waals surface area contributed by atoms with Gasteiger partial charge in [0.15, 0.2) is 4.90 Å². The van der Waals surface area contributed by atoms with Gasteiger partial charge in [-0.25, -0.2) is 13.1 Å². The van der Waals surface area contributed by atoms with Crippen LogP contribution in [0.25, 0.3) is 0 Å². The summed E-state index contributed by atoms with van der Waals surface area (Å²) in [4.78, 5) is 10.1. The normalized spacial score (nSPS) is 17.6. The van der Waals surface area contributed by atoms with Crippen LogP contribution in [0.15, 0.2) is 23.1 Å². The number of nitrogens with zero attached hydrogens (tertiary/aromatic N) is 1. The van der Waals surface area contributed by atoms with Crippen LogP contribution >= 0.6 is 0 Å². The second-order valence-corrected chi connectivity index (χ2v) is 7.08. The first kappa shape index (κ1) is 15.7. The zero-order valence-corrected chi connectivity index (χ0v) is 12.4. The Morgan fingerprint density at radius 3 is 2.48 bits per heavy atom. The summed E-state index contributed by atoms with van der Waals surface area (Å²) in [5.41, 5.74) is 1.01. The highest BCUT2D eigenvalue weighted by Gasteiger charge is 2.37. The number of nitro groups is 1. The molecule has 0 bridgehead atoms. The summed E-state index contributed by atoms with van der Waals surface area (Å²) in [7, 11) is -4.00. The number of hydrazine groups is 1. The minimum atomic E-state index is -4.00. The number of sulfonamides is 1. The highest BCUT2D eigenvalue weighted by Crippen LogP contribution is 2.35. The standard InChI is InChI=1S/C12H18N4O4S/c1-12(7-2-3-8-12)15-21(19,20)10-6-4-5-9(14-13)11(10)16(17)18/h4-6,14-15H,2-3,7-8,13H2,1H3. The van der Waals surface area contributed by atoms with E-state index in [0.717, 1.165) is 25.7 Å². The Labute approximate surface area is 122 Å². The van der Waals surface area contributed by atoms with Gasteiger partial charge in [-0.1, -0.05) is 18.9 Å². The molecule has 0 amide bonds. The van der Waals surface area contributed by atoms with Gasteiger partial charge in [0.2, 0.25) is 10.0 Å². The molecule has 1 aliphatic carbocycles. The molecule has 21 heavy (non-hydrogen) atoms. The molecule has 4 N–H and O–H groups in total. The maximum atomic E-state index is 12.5. The molecule has 1 aromatic carbocycles. The molecule has 9 heteroatoms. The minimum absolute atomic E-state index is 0.0422. The molecule has 0 radical (unpaired) electrons. The van der Waals surface area contributed by atoms with E-state index in [1.165, 1.54) is 18.2 Å². The Kier molecular flexibility index (Phi) is 4.17. The Balaban J connectivity index is 2.47. The molecule has 2 rings (SSSR count). The Morgan fingerprint density at radius 2 is 1.95 bits per heavy atom. The minimum Gasteiger partial charge on any atom is -0.318 e. The van der Waals surface area contributed by atoms with E-state index < -0.39 is 26.2 Å². The van der Waals surface area contributed by atoms with Crippen molar-refractivity contribution in [3.8, 4) is 0 Å². The van der Waals surface area contributed by atoms with E-state index in [0.29, 0.717) is 0 Å². The second kappa shape index (κ2) is 5.58. The number of anilines is 1. The van der Waals surface area contributed by atoms with Crippen molar-refractivity contribution < 1.29 is 13.3 Å². The number of nitrogens with two attached hydrogens (primary N) is 1. The van der Waals surface area contributed by atoms with Crippen molar-refractivity contribution in [2.45, 2.75) is 43.0 Å². The molecule has 0 aromatic heterocycles. The van der Waals surface area contributed by atoms with Gasteiger partial charge in [0.05, 0.1) is 4.92 Å². The van der Waals surface area contributed by atoms with Gasteiger partial charge in [-0.2, -0.15) is 0 Å². The Bertz CT molecular complexity index is 653. The molecular weight excluding hydrogens is 296 g/mol. The van der Waals surface area contributed by atoms with Crippen LogP contribution in [0.3, 0.4) is 0 Å². The van der Waals surface area contributed by atoms with Crippen LogP contribution in [-0.4, -0.2) is 18.9 Å². The summed E-state index contributed by atoms with van der Waals surface area (Å²) >= 11 is 0. The predicted molar refractivity (Wildman–Crippen MR) is 78.1 cm³/mol. The van der Waals surface area contributed by atoms with Gasteiger partial charge < -0.3 is 5.43 Å². The third-order valence-electron chi connectivity index (χ3n) is 3.71. The van der Waals surface area contributed by atoms with Crippen molar-refractivity contribution in [1.29, 1.82) is 0 Å². The highest BCUT2D eigenvalue weighted by atomic mass is 32.2. The molecule has 1 aliphatic rings. The van der Waals surface area contributed by atoms with Crippen molar-refractivity contribution in [2.24, 2.45) is 5.84 Å². The van der Waals surface area contributed by atoms with Gasteiger partial charge in [-0.05, 0) is 31.9 Å². The molecule has 0 heterocycles. The first-order valence-corrected chi connectivity index (χ1v) is 8.05. The molecule has 8 nitrogen and oxygen atoms in total. The van der Waals surface area contributed by atoms with E-state index >= 15 is 0 Å². The SMILES string of the molecule is CC1(NS(=O)(=O)c2cccc(NN)c2[N+](=O)[O-])CCCC1. The summed E-state index contributed by atoms with van der Waals surface area (Å²) in [5, 5.41) is 11.2. The molecule has 0 unspecified atom stereocenters. The third kappa shape index (κ3) is 3.14.